The molecule has 4 nitrogen and oxygen atoms in total. The predicted octanol–water partition coefficient (Wildman–Crippen LogP) is 3.64. The molecule has 0 aliphatic carbocycles. The van der Waals surface area contributed by atoms with Crippen LogP contribution in [-0.4, -0.2) is 16.0 Å². The summed E-state index contributed by atoms with van der Waals surface area (Å²) in [5.41, 5.74) is 3.19. The third-order valence-corrected chi connectivity index (χ3v) is 3.10. The van der Waals surface area contributed by atoms with E-state index in [4.69, 9.17) is 4.74 Å². The Balaban J connectivity index is 2.17. The molecule has 112 valence electrons. The molecule has 0 saturated heterocycles. The van der Waals surface area contributed by atoms with Crippen LogP contribution in [-0.2, 0) is 13.0 Å². The first-order valence-corrected chi connectivity index (χ1v) is 7.40. The van der Waals surface area contributed by atoms with E-state index in [1.807, 2.05) is 25.1 Å². The van der Waals surface area contributed by atoms with Crippen molar-refractivity contribution in [3.63, 3.8) is 0 Å². The second-order valence-electron chi connectivity index (χ2n) is 5.43. The monoisotopic (exact) mass is 285 g/mol. The maximum atomic E-state index is 5.82. The molecule has 0 saturated carbocycles. The van der Waals surface area contributed by atoms with Crippen molar-refractivity contribution in [2.24, 2.45) is 0 Å². The smallest absolute Gasteiger partial charge is 0.219 e. The molecule has 2 aromatic heterocycles. The van der Waals surface area contributed by atoms with Crippen molar-refractivity contribution in [1.29, 1.82) is 0 Å². The summed E-state index contributed by atoms with van der Waals surface area (Å²) < 4.78 is 5.82. The summed E-state index contributed by atoms with van der Waals surface area (Å²) in [6, 6.07) is 8.40. The quantitative estimate of drug-likeness (QED) is 0.880. The average Bonchev–Trinajstić information content (AvgIpc) is 2.47. The van der Waals surface area contributed by atoms with Crippen molar-refractivity contribution in [3.05, 3.63) is 47.4 Å². The Kier molecular flexibility index (Phi) is 5.28. The molecule has 21 heavy (non-hydrogen) atoms. The van der Waals surface area contributed by atoms with Gasteiger partial charge in [-0.3, -0.25) is 4.98 Å². The van der Waals surface area contributed by atoms with E-state index in [2.05, 4.69) is 42.1 Å². The Morgan fingerprint density at radius 3 is 2.67 bits per heavy atom. The molecular formula is C17H23N3O. The highest BCUT2D eigenvalue weighted by molar-refractivity contribution is 5.30. The highest BCUT2D eigenvalue weighted by Crippen LogP contribution is 2.21. The molecule has 0 fully saturated rings. The van der Waals surface area contributed by atoms with E-state index < -0.39 is 0 Å². The molecule has 0 bridgehead atoms. The number of nitrogens with one attached hydrogen (secondary N) is 1. The lowest BCUT2D eigenvalue weighted by Gasteiger charge is -2.11. The van der Waals surface area contributed by atoms with Crippen molar-refractivity contribution in [3.8, 4) is 11.6 Å². The summed E-state index contributed by atoms with van der Waals surface area (Å²) in [6.45, 7) is 9.14. The second kappa shape index (κ2) is 7.18. The number of ether oxygens (including phenoxy) is 1. The number of rotatable bonds is 6. The van der Waals surface area contributed by atoms with Gasteiger partial charge in [-0.1, -0.05) is 20.8 Å². The Bertz CT molecular complexity index is 579. The lowest BCUT2D eigenvalue weighted by atomic mass is 10.2. The number of hydrogen-bond acceptors (Lipinski definition) is 4. The van der Waals surface area contributed by atoms with Gasteiger partial charge >= 0.3 is 0 Å². The maximum Gasteiger partial charge on any atom is 0.219 e. The largest absolute Gasteiger partial charge is 0.437 e. The molecule has 4 heteroatoms. The van der Waals surface area contributed by atoms with Gasteiger partial charge in [-0.05, 0) is 37.1 Å². The first kappa shape index (κ1) is 15.4. The van der Waals surface area contributed by atoms with Gasteiger partial charge in [0.05, 0.1) is 6.20 Å². The zero-order valence-corrected chi connectivity index (χ0v) is 13.2. The van der Waals surface area contributed by atoms with Gasteiger partial charge in [-0.2, -0.15) is 0 Å². The van der Waals surface area contributed by atoms with E-state index in [0.717, 1.165) is 24.4 Å². The topological polar surface area (TPSA) is 47.0 Å². The SMILES string of the molecule is CCc1cc(CNC(C)C)cc(Oc2ccc(C)nc2)n1. The van der Waals surface area contributed by atoms with Gasteiger partial charge in [0.1, 0.15) is 5.75 Å². The molecule has 0 amide bonds. The summed E-state index contributed by atoms with van der Waals surface area (Å²) in [6.07, 6.45) is 2.61. The van der Waals surface area contributed by atoms with Crippen LogP contribution in [0.1, 0.15) is 37.7 Å². The number of aromatic nitrogens is 2. The average molecular weight is 285 g/mol. The molecule has 2 aromatic rings. The molecule has 0 aliphatic heterocycles. The van der Waals surface area contributed by atoms with Crippen LogP contribution in [0.2, 0.25) is 0 Å². The van der Waals surface area contributed by atoms with Gasteiger partial charge in [-0.25, -0.2) is 4.98 Å². The van der Waals surface area contributed by atoms with E-state index in [-0.39, 0.29) is 0 Å². The third-order valence-electron chi connectivity index (χ3n) is 3.10. The van der Waals surface area contributed by atoms with Crippen LogP contribution in [0.3, 0.4) is 0 Å². The molecule has 0 atom stereocenters. The molecule has 2 rings (SSSR count). The molecule has 1 N–H and O–H groups in total. The summed E-state index contributed by atoms with van der Waals surface area (Å²) in [7, 11) is 0. The maximum absolute atomic E-state index is 5.82. The van der Waals surface area contributed by atoms with Crippen molar-refractivity contribution in [2.45, 2.75) is 46.7 Å². The van der Waals surface area contributed by atoms with Crippen molar-refractivity contribution in [2.75, 3.05) is 0 Å². The molecular weight excluding hydrogens is 262 g/mol. The van der Waals surface area contributed by atoms with E-state index >= 15 is 0 Å². The molecule has 0 spiro atoms. The Morgan fingerprint density at radius 2 is 2.05 bits per heavy atom. The molecule has 0 aliphatic rings. The highest BCUT2D eigenvalue weighted by atomic mass is 16.5. The number of nitrogens with zero attached hydrogens (tertiary/aromatic N) is 2. The standard InChI is InChI=1S/C17H23N3O/c1-5-15-8-14(10-18-12(2)3)9-17(20-15)21-16-7-6-13(4)19-11-16/h6-9,11-12,18H,5,10H2,1-4H3. The summed E-state index contributed by atoms with van der Waals surface area (Å²) in [5, 5.41) is 3.42. The number of aryl methyl sites for hydroxylation is 2. The van der Waals surface area contributed by atoms with Gasteiger partial charge in [0.2, 0.25) is 5.88 Å². The first-order valence-electron chi connectivity index (χ1n) is 7.40. The number of pyridine rings is 2. The van der Waals surface area contributed by atoms with Crippen LogP contribution in [0.4, 0.5) is 0 Å². The van der Waals surface area contributed by atoms with Gasteiger partial charge < -0.3 is 10.1 Å². The second-order valence-corrected chi connectivity index (χ2v) is 5.43. The minimum absolute atomic E-state index is 0.453. The molecule has 2 heterocycles. The normalized spacial score (nSPS) is 10.9. The summed E-state index contributed by atoms with van der Waals surface area (Å²) in [5.74, 6) is 1.34. The highest BCUT2D eigenvalue weighted by Gasteiger charge is 2.05. The molecule has 0 unspecified atom stereocenters. The van der Waals surface area contributed by atoms with Crippen molar-refractivity contribution in [1.82, 2.24) is 15.3 Å². The zero-order chi connectivity index (χ0) is 15.2. The number of hydrogen-bond donors (Lipinski definition) is 1. The van der Waals surface area contributed by atoms with E-state index in [1.54, 1.807) is 6.20 Å². The summed E-state index contributed by atoms with van der Waals surface area (Å²) in [4.78, 5) is 8.75. The van der Waals surface area contributed by atoms with Gasteiger partial charge in [0.25, 0.3) is 0 Å². The predicted molar refractivity (Wildman–Crippen MR) is 84.6 cm³/mol. The fourth-order valence-corrected chi connectivity index (χ4v) is 1.91. The minimum atomic E-state index is 0.453. The first-order chi connectivity index (χ1) is 10.1. The summed E-state index contributed by atoms with van der Waals surface area (Å²) >= 11 is 0. The molecule has 0 radical (unpaired) electrons. The van der Waals surface area contributed by atoms with Crippen LogP contribution in [0.15, 0.2) is 30.5 Å². The lowest BCUT2D eigenvalue weighted by molar-refractivity contribution is 0.456. The zero-order valence-electron chi connectivity index (χ0n) is 13.2. The van der Waals surface area contributed by atoms with Crippen LogP contribution >= 0.6 is 0 Å². The van der Waals surface area contributed by atoms with Crippen LogP contribution in [0.25, 0.3) is 0 Å². The van der Waals surface area contributed by atoms with Crippen LogP contribution < -0.4 is 10.1 Å². The van der Waals surface area contributed by atoms with Gasteiger partial charge in [-0.15, -0.1) is 0 Å². The van der Waals surface area contributed by atoms with Crippen molar-refractivity contribution >= 4 is 0 Å². The fourth-order valence-electron chi connectivity index (χ4n) is 1.91. The third kappa shape index (κ3) is 4.83. The lowest BCUT2D eigenvalue weighted by Crippen LogP contribution is -2.22. The fraction of sp³-hybridized carbons (Fsp3) is 0.412. The minimum Gasteiger partial charge on any atom is -0.437 e. The van der Waals surface area contributed by atoms with Crippen LogP contribution in [0, 0.1) is 6.92 Å². The molecule has 0 aromatic carbocycles. The van der Waals surface area contributed by atoms with Gasteiger partial charge in [0, 0.05) is 30.0 Å². The van der Waals surface area contributed by atoms with E-state index in [0.29, 0.717) is 17.7 Å². The Morgan fingerprint density at radius 1 is 1.24 bits per heavy atom. The van der Waals surface area contributed by atoms with Gasteiger partial charge in [0.15, 0.2) is 0 Å². The van der Waals surface area contributed by atoms with E-state index in [9.17, 15) is 0 Å². The van der Waals surface area contributed by atoms with E-state index in [1.165, 1.54) is 5.56 Å². The van der Waals surface area contributed by atoms with Crippen molar-refractivity contribution < 1.29 is 4.74 Å². The van der Waals surface area contributed by atoms with Crippen LogP contribution in [0.5, 0.6) is 11.6 Å². The Labute approximate surface area is 126 Å². The Hall–Kier alpha value is -1.94.